The van der Waals surface area contributed by atoms with E-state index in [4.69, 9.17) is 14.2 Å². The van der Waals surface area contributed by atoms with E-state index in [-0.39, 0.29) is 17.9 Å². The Labute approximate surface area is 235 Å². The number of amides is 1. The van der Waals surface area contributed by atoms with Gasteiger partial charge in [-0.05, 0) is 25.1 Å². The van der Waals surface area contributed by atoms with Gasteiger partial charge in [-0.3, -0.25) is 14.3 Å². The van der Waals surface area contributed by atoms with Crippen LogP contribution in [0.4, 0.5) is 17.1 Å². The van der Waals surface area contributed by atoms with Gasteiger partial charge < -0.3 is 28.9 Å². The summed E-state index contributed by atoms with van der Waals surface area (Å²) in [5.74, 6) is 1.54. The van der Waals surface area contributed by atoms with Crippen LogP contribution >= 0.6 is 0 Å². The van der Waals surface area contributed by atoms with Crippen LogP contribution in [0.3, 0.4) is 0 Å². The van der Waals surface area contributed by atoms with E-state index in [9.17, 15) is 13.8 Å². The van der Waals surface area contributed by atoms with Crippen molar-refractivity contribution in [1.82, 2.24) is 14.8 Å². The highest BCUT2D eigenvalue weighted by Gasteiger charge is 2.31. The smallest absolute Gasteiger partial charge is 0.256 e. The number of ether oxygens (including phenoxy) is 3. The first-order chi connectivity index (χ1) is 19.2. The molecule has 4 heterocycles. The molecule has 1 N–H and O–H groups in total. The second kappa shape index (κ2) is 11.4. The Balaban J connectivity index is 1.33. The summed E-state index contributed by atoms with van der Waals surface area (Å²) in [4.78, 5) is 34.7. The zero-order chi connectivity index (χ0) is 28.4. The average Bonchev–Trinajstić information content (AvgIpc) is 3.42. The normalized spacial score (nSPS) is 18.8. The molecular weight excluding hydrogens is 534 g/mol. The number of nitrogens with one attached hydrogen (secondary N) is 1. The largest absolute Gasteiger partial charge is 0.490 e. The number of pyridine rings is 1. The molecule has 5 rings (SSSR count). The zero-order valence-electron chi connectivity index (χ0n) is 22.8. The maximum Gasteiger partial charge on any atom is 0.256 e. The van der Waals surface area contributed by atoms with Gasteiger partial charge in [0, 0.05) is 51.0 Å². The molecule has 0 radical (unpaired) electrons. The lowest BCUT2D eigenvalue weighted by Gasteiger charge is -2.32. The van der Waals surface area contributed by atoms with Crippen LogP contribution in [0.25, 0.3) is 0 Å². The van der Waals surface area contributed by atoms with Gasteiger partial charge in [-0.2, -0.15) is 0 Å². The number of carbonyl (C=O) groups excluding carboxylic acids is 2. The summed E-state index contributed by atoms with van der Waals surface area (Å²) in [6.07, 6.45) is 5.84. The number of benzene rings is 1. The van der Waals surface area contributed by atoms with Crippen molar-refractivity contribution in [3.8, 4) is 17.4 Å². The molecule has 40 heavy (non-hydrogen) atoms. The van der Waals surface area contributed by atoms with Crippen LogP contribution in [-0.2, 0) is 20.6 Å². The van der Waals surface area contributed by atoms with Crippen molar-refractivity contribution >= 4 is 39.1 Å². The van der Waals surface area contributed by atoms with Crippen molar-refractivity contribution in [1.29, 1.82) is 0 Å². The topological polar surface area (TPSA) is 114 Å². The number of rotatable bonds is 7. The molecule has 0 aliphatic carbocycles. The van der Waals surface area contributed by atoms with E-state index in [1.807, 2.05) is 53.1 Å². The average molecular weight is 566 g/mol. The highest BCUT2D eigenvalue weighted by Crippen LogP contribution is 2.41. The van der Waals surface area contributed by atoms with Crippen LogP contribution in [0.15, 0.2) is 59.7 Å². The van der Waals surface area contributed by atoms with E-state index in [2.05, 4.69) is 15.4 Å². The van der Waals surface area contributed by atoms with Crippen LogP contribution in [0.2, 0.25) is 0 Å². The fourth-order valence-corrected chi connectivity index (χ4v) is 5.23. The number of nitrogens with zero attached hydrogens (tertiary/aromatic N) is 4. The third kappa shape index (κ3) is 5.68. The van der Waals surface area contributed by atoms with Gasteiger partial charge >= 0.3 is 0 Å². The second-order valence-corrected chi connectivity index (χ2v) is 10.9. The molecule has 12 heteroatoms. The lowest BCUT2D eigenvalue weighted by Crippen LogP contribution is -2.33. The third-order valence-electron chi connectivity index (χ3n) is 6.79. The van der Waals surface area contributed by atoms with Crippen LogP contribution in [-0.4, -0.2) is 76.5 Å². The van der Waals surface area contributed by atoms with Gasteiger partial charge in [0.2, 0.25) is 11.0 Å². The maximum absolute atomic E-state index is 13.1. The fraction of sp³-hybridized carbons (Fsp3) is 0.357. The molecule has 0 bridgehead atoms. The van der Waals surface area contributed by atoms with E-state index >= 15 is 0 Å². The van der Waals surface area contributed by atoms with E-state index in [0.717, 1.165) is 17.7 Å². The van der Waals surface area contributed by atoms with Gasteiger partial charge in [0.15, 0.2) is 11.0 Å². The predicted molar refractivity (Wildman–Crippen MR) is 151 cm³/mol. The number of fused-ring (bicyclic) bond motifs is 1. The molecule has 1 unspecified atom stereocenters. The number of anilines is 3. The van der Waals surface area contributed by atoms with Gasteiger partial charge in [0.05, 0.1) is 43.3 Å². The summed E-state index contributed by atoms with van der Waals surface area (Å²) in [5, 5.41) is -0.510. The molecule has 210 valence electrons. The second-order valence-electron chi connectivity index (χ2n) is 9.63. The van der Waals surface area contributed by atoms with Gasteiger partial charge in [0.1, 0.15) is 29.9 Å². The first-order valence-corrected chi connectivity index (χ1v) is 14.0. The highest BCUT2D eigenvalue weighted by molar-refractivity contribution is 8.01. The molecule has 11 nitrogen and oxygen atoms in total. The zero-order valence-corrected chi connectivity index (χ0v) is 23.6. The maximum atomic E-state index is 13.1. The first kappa shape index (κ1) is 27.3. The lowest BCUT2D eigenvalue weighted by molar-refractivity contribution is -0.126. The van der Waals surface area contributed by atoms with Crippen LogP contribution < -0.4 is 23.8 Å². The number of methoxy groups -OCH3 is 1. The molecule has 1 amide bonds. The monoisotopic (exact) mass is 565 g/mol. The quantitative estimate of drug-likeness (QED) is 0.506. The summed E-state index contributed by atoms with van der Waals surface area (Å²) in [6.45, 7) is 5.21. The van der Waals surface area contributed by atoms with Crippen molar-refractivity contribution in [3.05, 3.63) is 59.7 Å². The van der Waals surface area contributed by atoms with Crippen molar-refractivity contribution in [3.63, 3.8) is 0 Å². The van der Waals surface area contributed by atoms with E-state index < -0.39 is 16.1 Å². The van der Waals surface area contributed by atoms with Crippen LogP contribution in [0.5, 0.6) is 17.4 Å². The molecule has 2 atom stereocenters. The lowest BCUT2D eigenvalue weighted by atomic mass is 10.1. The van der Waals surface area contributed by atoms with Gasteiger partial charge in [-0.15, -0.1) is 0 Å². The summed E-state index contributed by atoms with van der Waals surface area (Å²) in [6, 6.07) is 7.36. The van der Waals surface area contributed by atoms with E-state index in [1.165, 1.54) is 14.0 Å². The van der Waals surface area contributed by atoms with Gasteiger partial charge in [-0.25, -0.2) is 9.19 Å². The molecule has 0 spiro atoms. The molecule has 1 fully saturated rings. The summed E-state index contributed by atoms with van der Waals surface area (Å²) in [7, 11) is 1.40. The first-order valence-electron chi connectivity index (χ1n) is 12.8. The number of carbonyl (C=O) groups is 2. The van der Waals surface area contributed by atoms with Crippen molar-refractivity contribution in [2.75, 3.05) is 50.0 Å². The molecule has 2 aromatic rings. The standard InChI is InChI=1S/C28H31N5O6S/c1-18-7-9-31(3)17-23(18)28(35)32-10-8-22(16-32)39-21-5-6-26-25(14-21)33(11-12-38-26)20-13-24(27(37-4)29-15-20)30-40(36)19(2)34/h5-6,9,13-15,17,22,30H,8,10-12,16H2,1-4H3/t22-,40?/m0/s1. The van der Waals surface area contributed by atoms with Crippen molar-refractivity contribution < 1.29 is 28.0 Å². The minimum Gasteiger partial charge on any atom is -0.490 e. The Morgan fingerprint density at radius 2 is 2.08 bits per heavy atom. The third-order valence-corrected chi connectivity index (χ3v) is 7.71. The Hall–Kier alpha value is -4.28. The van der Waals surface area contributed by atoms with Crippen molar-refractivity contribution in [2.45, 2.75) is 26.4 Å². The van der Waals surface area contributed by atoms with Crippen molar-refractivity contribution in [2.24, 2.45) is 0 Å². The predicted octanol–water partition coefficient (Wildman–Crippen LogP) is 3.11. The Morgan fingerprint density at radius 3 is 2.85 bits per heavy atom. The molecule has 0 saturated carbocycles. The minimum absolute atomic E-state index is 0.0248. The summed E-state index contributed by atoms with van der Waals surface area (Å²) >= 11 is 0. The molecule has 1 saturated heterocycles. The fourth-order valence-electron chi connectivity index (χ4n) is 4.74. The molecule has 1 aromatic carbocycles. The van der Waals surface area contributed by atoms with E-state index in [1.54, 1.807) is 18.5 Å². The number of aromatic nitrogens is 1. The highest BCUT2D eigenvalue weighted by atomic mass is 32.2. The molecule has 3 aliphatic heterocycles. The molecular formula is C28H31N5O6S. The molecule has 3 aliphatic rings. The summed E-state index contributed by atoms with van der Waals surface area (Å²) in [5.41, 5.74) is 6.40. The number of hydrogen-bond acceptors (Lipinski definition) is 9. The van der Waals surface area contributed by atoms with E-state index in [0.29, 0.717) is 54.7 Å². The molecule has 1 aromatic heterocycles. The van der Waals surface area contributed by atoms with Crippen LogP contribution in [0.1, 0.15) is 20.3 Å². The van der Waals surface area contributed by atoms with Crippen LogP contribution in [0, 0.1) is 0 Å². The van der Waals surface area contributed by atoms with Gasteiger partial charge in [0.25, 0.3) is 5.91 Å². The SMILES string of the molecule is COc1ncc(N2CCOc3ccc(O[C@H]4CCN(C(=O)C5=CN(C)C=C=C5C)C4)cc32)cc1NS(=O)C(C)=O. The number of likely N-dealkylation sites (tertiary alicyclic amines) is 1. The van der Waals surface area contributed by atoms with Gasteiger partial charge in [-0.1, -0.05) is 5.73 Å². The Bertz CT molecular complexity index is 1470. The minimum atomic E-state index is -1.92. The number of hydrogen-bond donors (Lipinski definition) is 1. The summed E-state index contributed by atoms with van der Waals surface area (Å²) < 4.78 is 32.3. The Morgan fingerprint density at radius 1 is 1.25 bits per heavy atom. The Kier molecular flexibility index (Phi) is 7.81.